The Morgan fingerprint density at radius 2 is 0.906 bits per heavy atom. The third kappa shape index (κ3) is 24.8. The van der Waals surface area contributed by atoms with Crippen LogP contribution in [0.3, 0.4) is 0 Å². The summed E-state index contributed by atoms with van der Waals surface area (Å²) in [5, 5.41) is 0. The van der Waals surface area contributed by atoms with Crippen molar-refractivity contribution in [3.05, 3.63) is 85.2 Å². The molecule has 286 valence electrons. The molecule has 0 aromatic heterocycles. The minimum atomic E-state index is -0.674. The first-order chi connectivity index (χ1) is 26.0. The summed E-state index contributed by atoms with van der Waals surface area (Å²) in [5.41, 5.74) is 1.28. The Morgan fingerprint density at radius 1 is 0.491 bits per heavy atom. The maximum absolute atomic E-state index is 12.3. The molecule has 0 heterocycles. The van der Waals surface area contributed by atoms with E-state index < -0.39 is 11.9 Å². The van der Waals surface area contributed by atoms with Crippen molar-refractivity contribution in [2.45, 2.75) is 116 Å². The number of carbonyl (C=O) groups excluding carboxylic acids is 3. The summed E-state index contributed by atoms with van der Waals surface area (Å²) in [5.74, 6) is 10.1. The Balaban J connectivity index is 1.51. The van der Waals surface area contributed by atoms with E-state index in [0.717, 1.165) is 76.6 Å². The van der Waals surface area contributed by atoms with Crippen molar-refractivity contribution in [1.29, 1.82) is 0 Å². The summed E-state index contributed by atoms with van der Waals surface area (Å²) in [6, 6.07) is 13.9. The average Bonchev–Trinajstić information content (AvgIpc) is 3.17. The summed E-state index contributed by atoms with van der Waals surface area (Å²) in [4.78, 5) is 35.2. The van der Waals surface area contributed by atoms with Crippen molar-refractivity contribution < 1.29 is 38.1 Å². The number of ether oxygens (including phenoxy) is 5. The van der Waals surface area contributed by atoms with Crippen molar-refractivity contribution in [3.63, 3.8) is 0 Å². The van der Waals surface area contributed by atoms with Gasteiger partial charge in [-0.1, -0.05) is 115 Å². The van der Waals surface area contributed by atoms with E-state index in [9.17, 15) is 14.4 Å². The molecule has 0 atom stereocenters. The van der Waals surface area contributed by atoms with Crippen LogP contribution in [0.5, 0.6) is 11.5 Å². The highest BCUT2D eigenvalue weighted by atomic mass is 16.5. The van der Waals surface area contributed by atoms with E-state index in [-0.39, 0.29) is 5.97 Å². The van der Waals surface area contributed by atoms with Crippen LogP contribution in [0.25, 0.3) is 0 Å². The zero-order valence-electron chi connectivity index (χ0n) is 31.5. The fourth-order valence-corrected chi connectivity index (χ4v) is 5.29. The molecule has 0 unspecified atom stereocenters. The lowest BCUT2D eigenvalue weighted by molar-refractivity contribution is -0.138. The summed E-state index contributed by atoms with van der Waals surface area (Å²) in [6.07, 6.45) is 23.0. The second kappa shape index (κ2) is 30.7. The van der Waals surface area contributed by atoms with Crippen LogP contribution in [0, 0.1) is 23.7 Å². The van der Waals surface area contributed by atoms with Crippen molar-refractivity contribution in [1.82, 2.24) is 0 Å². The predicted molar refractivity (Wildman–Crippen MR) is 209 cm³/mol. The van der Waals surface area contributed by atoms with Gasteiger partial charge in [0.15, 0.2) is 0 Å². The van der Waals surface area contributed by atoms with Crippen molar-refractivity contribution in [2.75, 3.05) is 26.4 Å². The maximum atomic E-state index is 12.3. The summed E-state index contributed by atoms with van der Waals surface area (Å²) >= 11 is 0. The third-order valence-electron chi connectivity index (χ3n) is 8.26. The molecule has 0 bridgehead atoms. The smallest absolute Gasteiger partial charge is 0.390 e. The normalized spacial score (nSPS) is 10.1. The molecule has 0 saturated heterocycles. The van der Waals surface area contributed by atoms with E-state index in [2.05, 4.69) is 36.8 Å². The van der Waals surface area contributed by atoms with Gasteiger partial charge in [-0.15, -0.1) is 0 Å². The summed E-state index contributed by atoms with van der Waals surface area (Å²) in [7, 11) is 0. The Labute approximate surface area is 317 Å². The van der Waals surface area contributed by atoms with Crippen LogP contribution in [0.4, 0.5) is 0 Å². The largest absolute Gasteiger partial charge is 0.502 e. The first-order valence-corrected chi connectivity index (χ1v) is 19.3. The second-order valence-corrected chi connectivity index (χ2v) is 12.7. The summed E-state index contributed by atoms with van der Waals surface area (Å²) in [6.45, 7) is 9.19. The highest BCUT2D eigenvalue weighted by Crippen LogP contribution is 2.15. The van der Waals surface area contributed by atoms with E-state index in [1.807, 2.05) is 24.3 Å². The van der Waals surface area contributed by atoms with Crippen LogP contribution in [0.1, 0.15) is 127 Å². The van der Waals surface area contributed by atoms with Crippen molar-refractivity contribution in [2.24, 2.45) is 0 Å². The van der Waals surface area contributed by atoms with Gasteiger partial charge in [-0.05, 0) is 74.2 Å². The van der Waals surface area contributed by atoms with E-state index in [1.165, 1.54) is 63.7 Å². The number of hydrogen-bond acceptors (Lipinski definition) is 8. The van der Waals surface area contributed by atoms with Crippen LogP contribution in [-0.4, -0.2) is 44.3 Å². The zero-order valence-corrected chi connectivity index (χ0v) is 31.5. The van der Waals surface area contributed by atoms with E-state index in [4.69, 9.17) is 23.7 Å². The topological polar surface area (TPSA) is 97.4 Å². The molecule has 53 heavy (non-hydrogen) atoms. The fraction of sp³-hybridized carbons (Fsp3) is 0.489. The molecule has 0 fully saturated rings. The number of unbranched alkanes of at least 4 members (excludes halogenated alkanes) is 16. The quantitative estimate of drug-likeness (QED) is 0.0214. The molecular formula is C45H58O8. The molecule has 2 aromatic rings. The zero-order chi connectivity index (χ0) is 38.0. The maximum Gasteiger partial charge on any atom is 0.390 e. The summed E-state index contributed by atoms with van der Waals surface area (Å²) < 4.78 is 26.5. The van der Waals surface area contributed by atoms with Gasteiger partial charge in [0.2, 0.25) is 0 Å². The lowest BCUT2D eigenvalue weighted by Crippen LogP contribution is -2.04. The highest BCUT2D eigenvalue weighted by Gasteiger charge is 2.03. The molecule has 0 aliphatic heterocycles. The van der Waals surface area contributed by atoms with Crippen molar-refractivity contribution in [3.8, 4) is 35.2 Å². The Kier molecular flexibility index (Phi) is 25.6. The first-order valence-electron chi connectivity index (χ1n) is 19.3. The molecular weight excluding hydrogens is 668 g/mol. The molecule has 0 radical (unpaired) electrons. The first kappa shape index (κ1) is 44.2. The second-order valence-electron chi connectivity index (χ2n) is 12.7. The van der Waals surface area contributed by atoms with Gasteiger partial charge in [-0.3, -0.25) is 0 Å². The van der Waals surface area contributed by atoms with Crippen LogP contribution in [0.2, 0.25) is 0 Å². The molecule has 0 saturated carbocycles. The lowest BCUT2D eigenvalue weighted by Gasteiger charge is -2.06. The molecule has 0 aliphatic rings. The standard InChI is InChI=1S/C45H58O8/c1-3-43(46)51-37-21-17-13-9-6-10-14-18-22-38-52-44(47)33-27-40-25-31-42(32-26-40)53-45(48)34-28-39-23-29-41(30-24-39)50-36-20-16-12-8-5-7-11-15-19-35-49-4-2/h3-4,23-26,29-32H,1-2,5-22,35-38H2. The molecule has 0 aliphatic carbocycles. The molecule has 2 rings (SSSR count). The van der Waals surface area contributed by atoms with Gasteiger partial charge in [-0.2, -0.15) is 0 Å². The number of hydrogen-bond donors (Lipinski definition) is 0. The van der Waals surface area contributed by atoms with Crippen LogP contribution < -0.4 is 9.47 Å². The monoisotopic (exact) mass is 726 g/mol. The van der Waals surface area contributed by atoms with Gasteiger partial charge < -0.3 is 23.7 Å². The van der Waals surface area contributed by atoms with Crippen LogP contribution in [0.15, 0.2) is 74.0 Å². The van der Waals surface area contributed by atoms with Gasteiger partial charge in [0.05, 0.1) is 32.7 Å². The molecule has 2 aromatic carbocycles. The molecule has 0 amide bonds. The minimum absolute atomic E-state index is 0.332. The highest BCUT2D eigenvalue weighted by molar-refractivity contribution is 5.91. The van der Waals surface area contributed by atoms with Crippen LogP contribution >= 0.6 is 0 Å². The van der Waals surface area contributed by atoms with Gasteiger partial charge in [0, 0.05) is 29.0 Å². The van der Waals surface area contributed by atoms with Crippen molar-refractivity contribution >= 4 is 17.9 Å². The molecule has 8 nitrogen and oxygen atoms in total. The van der Waals surface area contributed by atoms with Gasteiger partial charge in [-0.25, -0.2) is 14.4 Å². The third-order valence-corrected chi connectivity index (χ3v) is 8.26. The van der Waals surface area contributed by atoms with E-state index in [1.54, 1.807) is 24.3 Å². The van der Waals surface area contributed by atoms with Gasteiger partial charge >= 0.3 is 17.9 Å². The van der Waals surface area contributed by atoms with Gasteiger partial charge in [0.25, 0.3) is 0 Å². The van der Waals surface area contributed by atoms with E-state index in [0.29, 0.717) is 36.7 Å². The predicted octanol–water partition coefficient (Wildman–Crippen LogP) is 9.83. The number of benzene rings is 2. The average molecular weight is 727 g/mol. The lowest BCUT2D eigenvalue weighted by atomic mass is 10.1. The number of carbonyl (C=O) groups is 3. The van der Waals surface area contributed by atoms with E-state index >= 15 is 0 Å². The number of rotatable bonds is 28. The van der Waals surface area contributed by atoms with Crippen LogP contribution in [-0.2, 0) is 28.6 Å². The Hall–Kier alpha value is -4.95. The van der Waals surface area contributed by atoms with Gasteiger partial charge in [0.1, 0.15) is 11.5 Å². The molecule has 0 N–H and O–H groups in total. The number of esters is 3. The molecule has 8 heteroatoms. The fourth-order valence-electron chi connectivity index (χ4n) is 5.29. The Morgan fingerprint density at radius 3 is 1.40 bits per heavy atom. The Bertz CT molecular complexity index is 1450. The SMILES string of the molecule is C=COCCCCCCCCCCCOc1ccc(C#CC(=O)Oc2ccc(C#CC(=O)OCCCCCCCCCCCOC(=O)C=C)cc2)cc1. The molecule has 0 spiro atoms. The minimum Gasteiger partial charge on any atom is -0.502 e.